The molecule has 0 aliphatic heterocycles. The summed E-state index contributed by atoms with van der Waals surface area (Å²) in [5.41, 5.74) is 1.91. The van der Waals surface area contributed by atoms with Gasteiger partial charge >= 0.3 is 11.9 Å². The molecule has 1 aromatic heterocycles. The average molecular weight is 567 g/mol. The number of carboxylic acids is 1. The fourth-order valence-electron chi connectivity index (χ4n) is 4.51. The van der Waals surface area contributed by atoms with Crippen LogP contribution in [0.5, 0.6) is 0 Å². The zero-order valence-corrected chi connectivity index (χ0v) is 23.4. The van der Waals surface area contributed by atoms with Crippen molar-refractivity contribution in [2.75, 3.05) is 17.7 Å². The molecule has 2 aromatic carbocycles. The maximum Gasteiger partial charge on any atom is 0.341 e. The first-order chi connectivity index (χ1) is 18.8. The first-order valence-electron chi connectivity index (χ1n) is 12.7. The summed E-state index contributed by atoms with van der Waals surface area (Å²) >= 11 is 2.77. The van der Waals surface area contributed by atoms with Gasteiger partial charge in [-0.25, -0.2) is 9.59 Å². The number of methoxy groups -OCH3 is 1. The molecule has 4 rings (SSSR count). The second-order valence-corrected chi connectivity index (χ2v) is 11.7. The van der Waals surface area contributed by atoms with Crippen LogP contribution in [0, 0.1) is 0 Å². The number of carboxylic acid groups (broad SMARTS) is 1. The molecule has 0 fully saturated rings. The number of esters is 1. The van der Waals surface area contributed by atoms with Crippen LogP contribution >= 0.6 is 23.1 Å². The Morgan fingerprint density at radius 2 is 1.67 bits per heavy atom. The molecule has 2 amide bonds. The highest BCUT2D eigenvalue weighted by Gasteiger charge is 2.27. The van der Waals surface area contributed by atoms with Gasteiger partial charge in [0.2, 0.25) is 5.91 Å². The number of ether oxygens (including phenoxy) is 1. The predicted molar refractivity (Wildman–Crippen MR) is 153 cm³/mol. The van der Waals surface area contributed by atoms with Crippen molar-refractivity contribution in [2.24, 2.45) is 0 Å². The summed E-state index contributed by atoms with van der Waals surface area (Å²) < 4.78 is 5.05. The summed E-state index contributed by atoms with van der Waals surface area (Å²) in [5, 5.41) is 15.1. The molecule has 0 radical (unpaired) electrons. The van der Waals surface area contributed by atoms with Crippen molar-refractivity contribution >= 4 is 57.5 Å². The van der Waals surface area contributed by atoms with Gasteiger partial charge in [-0.1, -0.05) is 31.0 Å². The molecule has 0 spiro atoms. The highest BCUT2D eigenvalue weighted by Crippen LogP contribution is 2.38. The third kappa shape index (κ3) is 6.88. The molecule has 0 saturated carbocycles. The van der Waals surface area contributed by atoms with E-state index < -0.39 is 23.1 Å². The molecule has 1 aliphatic rings. The SMILES string of the molecule is COC(=O)c1c(NC(=O)C(C)Sc2cccc(NC(=O)c3ccccc3C(=O)O)c2)sc2c1CCCCCC2. The second-order valence-electron chi connectivity index (χ2n) is 9.20. The number of thiophene rings is 1. The van der Waals surface area contributed by atoms with Gasteiger partial charge in [-0.05, 0) is 68.5 Å². The number of hydrogen-bond acceptors (Lipinski definition) is 7. The Kier molecular flexibility index (Phi) is 9.42. The minimum atomic E-state index is -1.18. The van der Waals surface area contributed by atoms with Crippen molar-refractivity contribution in [1.29, 1.82) is 0 Å². The third-order valence-electron chi connectivity index (χ3n) is 6.47. The summed E-state index contributed by atoms with van der Waals surface area (Å²) in [6.07, 6.45) is 6.03. The van der Waals surface area contributed by atoms with E-state index in [1.54, 1.807) is 37.3 Å². The van der Waals surface area contributed by atoms with Crippen LogP contribution in [0.1, 0.15) is 74.1 Å². The van der Waals surface area contributed by atoms with Crippen molar-refractivity contribution in [3.05, 3.63) is 75.7 Å². The van der Waals surface area contributed by atoms with Gasteiger partial charge in [0.05, 0.1) is 29.1 Å². The minimum Gasteiger partial charge on any atom is -0.478 e. The molecule has 0 bridgehead atoms. The van der Waals surface area contributed by atoms with E-state index >= 15 is 0 Å². The molecule has 0 saturated heterocycles. The Labute approximate surface area is 235 Å². The number of aromatic carboxylic acids is 1. The van der Waals surface area contributed by atoms with Crippen molar-refractivity contribution in [3.63, 3.8) is 0 Å². The van der Waals surface area contributed by atoms with Crippen molar-refractivity contribution in [2.45, 2.75) is 55.6 Å². The molecule has 8 nitrogen and oxygen atoms in total. The van der Waals surface area contributed by atoms with E-state index in [0.717, 1.165) is 53.9 Å². The first kappa shape index (κ1) is 28.4. The van der Waals surface area contributed by atoms with E-state index in [0.29, 0.717) is 16.3 Å². The molecule has 1 atom stereocenters. The molecule has 1 unspecified atom stereocenters. The van der Waals surface area contributed by atoms with Gasteiger partial charge in [0.1, 0.15) is 5.00 Å². The van der Waals surface area contributed by atoms with E-state index in [1.807, 2.05) is 6.07 Å². The second kappa shape index (κ2) is 12.9. The van der Waals surface area contributed by atoms with Crippen LogP contribution in [0.3, 0.4) is 0 Å². The number of fused-ring (bicyclic) bond motifs is 1. The van der Waals surface area contributed by atoms with Crippen LogP contribution in [-0.2, 0) is 22.4 Å². The Balaban J connectivity index is 1.46. The first-order valence-corrected chi connectivity index (χ1v) is 14.4. The number of benzene rings is 2. The summed E-state index contributed by atoms with van der Waals surface area (Å²) in [6, 6.07) is 13.0. The van der Waals surface area contributed by atoms with Crippen LogP contribution in [0.25, 0.3) is 0 Å². The maximum atomic E-state index is 13.2. The number of carbonyl (C=O) groups excluding carboxylic acids is 3. The fraction of sp³-hybridized carbons (Fsp3) is 0.310. The third-order valence-corrected chi connectivity index (χ3v) is 8.77. The van der Waals surface area contributed by atoms with Crippen molar-refractivity contribution in [3.8, 4) is 0 Å². The van der Waals surface area contributed by atoms with Gasteiger partial charge in [-0.2, -0.15) is 0 Å². The minimum absolute atomic E-state index is 0.0577. The smallest absolute Gasteiger partial charge is 0.341 e. The lowest BCUT2D eigenvalue weighted by Crippen LogP contribution is -2.23. The van der Waals surface area contributed by atoms with Crippen molar-refractivity contribution in [1.82, 2.24) is 0 Å². The van der Waals surface area contributed by atoms with Crippen LogP contribution in [-0.4, -0.2) is 41.2 Å². The number of aryl methyl sites for hydroxylation is 1. The van der Waals surface area contributed by atoms with Gasteiger partial charge in [0.25, 0.3) is 5.91 Å². The van der Waals surface area contributed by atoms with E-state index in [1.165, 1.54) is 42.3 Å². The van der Waals surface area contributed by atoms with Gasteiger partial charge in [0, 0.05) is 15.5 Å². The number of carbonyl (C=O) groups is 4. The molecule has 204 valence electrons. The summed E-state index contributed by atoms with van der Waals surface area (Å²) in [7, 11) is 1.35. The lowest BCUT2D eigenvalue weighted by Gasteiger charge is -2.14. The molecule has 3 N–H and O–H groups in total. The fourth-order valence-corrected chi connectivity index (χ4v) is 6.72. The van der Waals surface area contributed by atoms with Crippen molar-refractivity contribution < 1.29 is 29.0 Å². The van der Waals surface area contributed by atoms with Crippen LogP contribution in [0.15, 0.2) is 53.4 Å². The largest absolute Gasteiger partial charge is 0.478 e. The van der Waals surface area contributed by atoms with Gasteiger partial charge in [0.15, 0.2) is 0 Å². The highest BCUT2D eigenvalue weighted by molar-refractivity contribution is 8.00. The Hall–Kier alpha value is -3.63. The Bertz CT molecular complexity index is 1400. The van der Waals surface area contributed by atoms with Gasteiger partial charge in [-0.15, -0.1) is 23.1 Å². The number of thioether (sulfide) groups is 1. The number of nitrogens with one attached hydrogen (secondary N) is 2. The Morgan fingerprint density at radius 1 is 0.949 bits per heavy atom. The van der Waals surface area contributed by atoms with E-state index in [2.05, 4.69) is 10.6 Å². The molecule has 1 heterocycles. The zero-order valence-electron chi connectivity index (χ0n) is 21.7. The lowest BCUT2D eigenvalue weighted by molar-refractivity contribution is -0.115. The molecular formula is C29H30N2O6S2. The molecule has 10 heteroatoms. The predicted octanol–water partition coefficient (Wildman–Crippen LogP) is 6.26. The normalized spacial score (nSPS) is 13.8. The van der Waals surface area contributed by atoms with Crippen LogP contribution in [0.4, 0.5) is 10.7 Å². The number of amides is 2. The average Bonchev–Trinajstić information content (AvgIpc) is 3.23. The molecule has 39 heavy (non-hydrogen) atoms. The summed E-state index contributed by atoms with van der Waals surface area (Å²) in [5.74, 6) is -2.40. The Morgan fingerprint density at radius 3 is 2.38 bits per heavy atom. The zero-order chi connectivity index (χ0) is 27.9. The standard InChI is InChI=1S/C29H30N2O6S2/c1-17(25(32)31-27-24(29(36)37-2)22-14-5-3-4-6-15-23(22)39-27)38-19-11-9-10-18(16-19)30-26(33)20-12-7-8-13-21(20)28(34)35/h7-13,16-17H,3-6,14-15H2,1-2H3,(H,30,33)(H,31,32)(H,34,35). The van der Waals surface area contributed by atoms with Crippen LogP contribution in [0.2, 0.25) is 0 Å². The van der Waals surface area contributed by atoms with Gasteiger partial charge in [-0.3, -0.25) is 9.59 Å². The molecular weight excluding hydrogens is 536 g/mol. The van der Waals surface area contributed by atoms with Crippen LogP contribution < -0.4 is 10.6 Å². The maximum absolute atomic E-state index is 13.2. The van der Waals surface area contributed by atoms with E-state index in [9.17, 15) is 24.3 Å². The quantitative estimate of drug-likeness (QED) is 0.217. The lowest BCUT2D eigenvalue weighted by atomic mass is 9.96. The topological polar surface area (TPSA) is 122 Å². The van der Waals surface area contributed by atoms with E-state index in [4.69, 9.17) is 4.74 Å². The summed E-state index contributed by atoms with van der Waals surface area (Å²) in [4.78, 5) is 51.9. The molecule has 3 aromatic rings. The molecule has 1 aliphatic carbocycles. The monoisotopic (exact) mass is 566 g/mol. The summed E-state index contributed by atoms with van der Waals surface area (Å²) in [6.45, 7) is 1.77. The number of rotatable bonds is 8. The van der Waals surface area contributed by atoms with Gasteiger partial charge < -0.3 is 20.5 Å². The van der Waals surface area contributed by atoms with E-state index in [-0.39, 0.29) is 17.0 Å². The highest BCUT2D eigenvalue weighted by atomic mass is 32.2. The number of hydrogen-bond donors (Lipinski definition) is 3. The number of anilines is 2.